The summed E-state index contributed by atoms with van der Waals surface area (Å²) in [5.74, 6) is 0.707. The minimum Gasteiger partial charge on any atom is -0.396 e. The second-order valence-corrected chi connectivity index (χ2v) is 2.89. The molecule has 1 heterocycles. The Hall–Kier alpha value is -1.16. The smallest absolute Gasteiger partial charge is 0.157 e. The molecule has 0 aliphatic rings. The van der Waals surface area contributed by atoms with E-state index < -0.39 is 0 Å². The monoisotopic (exact) mass is 181 g/mol. The van der Waals surface area contributed by atoms with Gasteiger partial charge in [0.05, 0.1) is 18.1 Å². The van der Waals surface area contributed by atoms with Crippen LogP contribution in [0.15, 0.2) is 12.4 Å². The van der Waals surface area contributed by atoms with Crippen molar-refractivity contribution in [2.75, 3.05) is 12.8 Å². The van der Waals surface area contributed by atoms with E-state index >= 15 is 0 Å². The van der Waals surface area contributed by atoms with Crippen LogP contribution in [-0.2, 0) is 4.74 Å². The Morgan fingerprint density at radius 3 is 2.54 bits per heavy atom. The Labute approximate surface area is 78.1 Å². The van der Waals surface area contributed by atoms with Gasteiger partial charge in [-0.15, -0.1) is 0 Å². The highest BCUT2D eigenvalue weighted by atomic mass is 16.5. The van der Waals surface area contributed by atoms with Crippen LogP contribution in [0.25, 0.3) is 0 Å². The molecule has 0 aliphatic carbocycles. The molecule has 0 aromatic carbocycles. The summed E-state index contributed by atoms with van der Waals surface area (Å²) in [6.45, 7) is 2.10. The summed E-state index contributed by atoms with van der Waals surface area (Å²) in [4.78, 5) is 8.21. The number of nitrogen functional groups attached to an aromatic ring is 1. The van der Waals surface area contributed by atoms with E-state index in [1.165, 1.54) is 0 Å². The third kappa shape index (κ3) is 2.66. The highest BCUT2D eigenvalue weighted by molar-refractivity contribution is 5.30. The van der Waals surface area contributed by atoms with Gasteiger partial charge in [0.15, 0.2) is 5.82 Å². The number of hydrogen-bond acceptors (Lipinski definition) is 4. The quantitative estimate of drug-likeness (QED) is 0.765. The van der Waals surface area contributed by atoms with Crippen molar-refractivity contribution in [2.24, 2.45) is 0 Å². The Bertz CT molecular complexity index is 248. The van der Waals surface area contributed by atoms with Crippen LogP contribution in [0.2, 0.25) is 0 Å². The summed E-state index contributed by atoms with van der Waals surface area (Å²) in [5, 5.41) is 0. The second-order valence-electron chi connectivity index (χ2n) is 2.89. The molecule has 72 valence electrons. The van der Waals surface area contributed by atoms with Gasteiger partial charge in [-0.05, 0) is 6.42 Å². The van der Waals surface area contributed by atoms with Gasteiger partial charge in [-0.25, -0.2) is 9.97 Å². The standard InChI is InChI=1S/C9H15N3O/c1-3-4-8(13-2)9-11-5-7(10)6-12-9/h5-6,8H,3-4,10H2,1-2H3. The first-order valence-corrected chi connectivity index (χ1v) is 4.38. The van der Waals surface area contributed by atoms with Gasteiger partial charge >= 0.3 is 0 Å². The van der Waals surface area contributed by atoms with E-state index in [4.69, 9.17) is 10.5 Å². The van der Waals surface area contributed by atoms with Crippen molar-refractivity contribution in [2.45, 2.75) is 25.9 Å². The Morgan fingerprint density at radius 1 is 1.46 bits per heavy atom. The molecule has 1 unspecified atom stereocenters. The molecule has 0 radical (unpaired) electrons. The number of ether oxygens (including phenoxy) is 1. The summed E-state index contributed by atoms with van der Waals surface area (Å²) >= 11 is 0. The van der Waals surface area contributed by atoms with Crippen molar-refractivity contribution >= 4 is 5.69 Å². The van der Waals surface area contributed by atoms with Gasteiger partial charge in [0.2, 0.25) is 0 Å². The van der Waals surface area contributed by atoms with Crippen LogP contribution in [0, 0.1) is 0 Å². The van der Waals surface area contributed by atoms with E-state index in [9.17, 15) is 0 Å². The molecule has 0 bridgehead atoms. The maximum absolute atomic E-state index is 5.48. The Morgan fingerprint density at radius 2 is 2.08 bits per heavy atom. The lowest BCUT2D eigenvalue weighted by atomic mass is 10.2. The molecule has 0 amide bonds. The SMILES string of the molecule is CCCC(OC)c1ncc(N)cn1. The first-order chi connectivity index (χ1) is 6.27. The molecule has 1 aromatic heterocycles. The van der Waals surface area contributed by atoms with Crippen LogP contribution in [0.3, 0.4) is 0 Å². The van der Waals surface area contributed by atoms with Crippen LogP contribution >= 0.6 is 0 Å². The van der Waals surface area contributed by atoms with Gasteiger partial charge < -0.3 is 10.5 Å². The predicted octanol–water partition coefficient (Wildman–Crippen LogP) is 1.55. The molecule has 0 aliphatic heterocycles. The normalized spacial score (nSPS) is 12.8. The summed E-state index contributed by atoms with van der Waals surface area (Å²) in [5.41, 5.74) is 6.06. The lowest BCUT2D eigenvalue weighted by Gasteiger charge is -2.11. The van der Waals surface area contributed by atoms with Crippen molar-refractivity contribution < 1.29 is 4.74 Å². The zero-order valence-corrected chi connectivity index (χ0v) is 8.03. The molecule has 2 N–H and O–H groups in total. The molecule has 0 fully saturated rings. The average Bonchev–Trinajstić information content (AvgIpc) is 2.16. The first-order valence-electron chi connectivity index (χ1n) is 4.38. The minimum atomic E-state index is -0.00870. The fourth-order valence-corrected chi connectivity index (χ4v) is 1.13. The van der Waals surface area contributed by atoms with Crippen LogP contribution in [0.5, 0.6) is 0 Å². The van der Waals surface area contributed by atoms with E-state index in [0.29, 0.717) is 11.5 Å². The number of methoxy groups -OCH3 is 1. The fourth-order valence-electron chi connectivity index (χ4n) is 1.13. The minimum absolute atomic E-state index is 0.00870. The molecule has 0 saturated carbocycles. The van der Waals surface area contributed by atoms with Gasteiger partial charge in [0, 0.05) is 7.11 Å². The largest absolute Gasteiger partial charge is 0.396 e. The molecule has 4 nitrogen and oxygen atoms in total. The third-order valence-electron chi connectivity index (χ3n) is 1.82. The summed E-state index contributed by atoms with van der Waals surface area (Å²) in [6, 6.07) is 0. The van der Waals surface area contributed by atoms with Crippen molar-refractivity contribution in [1.29, 1.82) is 0 Å². The van der Waals surface area contributed by atoms with Gasteiger partial charge in [0.1, 0.15) is 6.10 Å². The van der Waals surface area contributed by atoms with Gasteiger partial charge in [0.25, 0.3) is 0 Å². The maximum atomic E-state index is 5.48. The Balaban J connectivity index is 2.73. The summed E-state index contributed by atoms with van der Waals surface area (Å²) in [7, 11) is 1.67. The lowest BCUT2D eigenvalue weighted by Crippen LogP contribution is -2.06. The van der Waals surface area contributed by atoms with Crippen LogP contribution < -0.4 is 5.73 Å². The van der Waals surface area contributed by atoms with E-state index in [-0.39, 0.29) is 6.10 Å². The van der Waals surface area contributed by atoms with E-state index in [2.05, 4.69) is 16.9 Å². The number of anilines is 1. The summed E-state index contributed by atoms with van der Waals surface area (Å²) in [6.07, 6.45) is 5.17. The molecule has 4 heteroatoms. The molecule has 1 aromatic rings. The van der Waals surface area contributed by atoms with E-state index in [1.54, 1.807) is 19.5 Å². The second kappa shape index (κ2) is 4.77. The lowest BCUT2D eigenvalue weighted by molar-refractivity contribution is 0.0876. The molecule has 0 spiro atoms. The molecule has 0 saturated heterocycles. The molecular weight excluding hydrogens is 166 g/mol. The Kier molecular flexibility index (Phi) is 3.64. The molecule has 1 rings (SSSR count). The fraction of sp³-hybridized carbons (Fsp3) is 0.556. The van der Waals surface area contributed by atoms with E-state index in [1.807, 2.05) is 0 Å². The molecule has 13 heavy (non-hydrogen) atoms. The van der Waals surface area contributed by atoms with Gasteiger partial charge in [-0.1, -0.05) is 13.3 Å². The average molecular weight is 181 g/mol. The molecule has 1 atom stereocenters. The number of hydrogen-bond donors (Lipinski definition) is 1. The highest BCUT2D eigenvalue weighted by Gasteiger charge is 2.11. The molecular formula is C9H15N3O. The summed E-state index contributed by atoms with van der Waals surface area (Å²) < 4.78 is 5.25. The number of rotatable bonds is 4. The number of aromatic nitrogens is 2. The van der Waals surface area contributed by atoms with Crippen molar-refractivity contribution in [3.05, 3.63) is 18.2 Å². The van der Waals surface area contributed by atoms with Crippen molar-refractivity contribution in [1.82, 2.24) is 9.97 Å². The van der Waals surface area contributed by atoms with Crippen LogP contribution in [0.4, 0.5) is 5.69 Å². The van der Waals surface area contributed by atoms with Crippen molar-refractivity contribution in [3.8, 4) is 0 Å². The van der Waals surface area contributed by atoms with Crippen LogP contribution in [-0.4, -0.2) is 17.1 Å². The van der Waals surface area contributed by atoms with Gasteiger partial charge in [-0.2, -0.15) is 0 Å². The number of nitrogens with zero attached hydrogens (tertiary/aromatic N) is 2. The zero-order chi connectivity index (χ0) is 9.68. The van der Waals surface area contributed by atoms with E-state index in [0.717, 1.165) is 12.8 Å². The van der Waals surface area contributed by atoms with Crippen molar-refractivity contribution in [3.63, 3.8) is 0 Å². The third-order valence-corrected chi connectivity index (χ3v) is 1.82. The highest BCUT2D eigenvalue weighted by Crippen LogP contribution is 2.17. The predicted molar refractivity (Wildman–Crippen MR) is 51.1 cm³/mol. The van der Waals surface area contributed by atoms with Gasteiger partial charge in [-0.3, -0.25) is 0 Å². The maximum Gasteiger partial charge on any atom is 0.157 e. The van der Waals surface area contributed by atoms with Crippen LogP contribution in [0.1, 0.15) is 31.7 Å². The number of nitrogens with two attached hydrogens (primary N) is 1. The zero-order valence-electron chi connectivity index (χ0n) is 8.03. The first kappa shape index (κ1) is 9.92. The topological polar surface area (TPSA) is 61.0 Å².